The zero-order valence-electron chi connectivity index (χ0n) is 14.1. The first kappa shape index (κ1) is 18.1. The maximum Gasteiger partial charge on any atom is 0.433 e. The number of rotatable bonds is 4. The quantitative estimate of drug-likeness (QED) is 0.902. The van der Waals surface area contributed by atoms with Crippen LogP contribution >= 0.6 is 0 Å². The molecule has 2 aromatic heterocycles. The molecule has 1 fully saturated rings. The number of pyridine rings is 1. The van der Waals surface area contributed by atoms with E-state index in [1.807, 2.05) is 0 Å². The van der Waals surface area contributed by atoms with E-state index < -0.39 is 11.9 Å². The molecular weight excluding hydrogens is 347 g/mol. The van der Waals surface area contributed by atoms with Crippen molar-refractivity contribution in [2.24, 2.45) is 0 Å². The number of anilines is 1. The molecule has 0 aromatic carbocycles. The fraction of sp³-hybridized carbons (Fsp3) is 0.412. The number of hydrogen-bond acceptors (Lipinski definition) is 5. The molecule has 0 spiro atoms. The lowest BCUT2D eigenvalue weighted by atomic mass is 10.2. The Labute approximate surface area is 148 Å². The van der Waals surface area contributed by atoms with Crippen molar-refractivity contribution in [2.75, 3.05) is 18.4 Å². The average molecular weight is 365 g/mol. The Kier molecular flexibility index (Phi) is 5.06. The van der Waals surface area contributed by atoms with Gasteiger partial charge < -0.3 is 10.2 Å². The van der Waals surface area contributed by atoms with E-state index in [0.717, 1.165) is 6.07 Å². The third-order valence-electron chi connectivity index (χ3n) is 4.15. The van der Waals surface area contributed by atoms with Crippen molar-refractivity contribution >= 4 is 11.7 Å². The first-order valence-electron chi connectivity index (χ1n) is 8.28. The third-order valence-corrected chi connectivity index (χ3v) is 4.15. The zero-order valence-corrected chi connectivity index (χ0v) is 14.1. The Morgan fingerprint density at radius 3 is 2.69 bits per heavy atom. The minimum absolute atomic E-state index is 0.0239. The molecule has 1 N–H and O–H groups in total. The summed E-state index contributed by atoms with van der Waals surface area (Å²) in [6.45, 7) is 2.81. The normalized spacial score (nSPS) is 17.4. The summed E-state index contributed by atoms with van der Waals surface area (Å²) in [6, 6.07) is 3.86. The zero-order chi connectivity index (χ0) is 18.7. The van der Waals surface area contributed by atoms with Crippen LogP contribution in [0.15, 0.2) is 30.6 Å². The molecule has 138 valence electrons. The van der Waals surface area contributed by atoms with Crippen molar-refractivity contribution in [1.29, 1.82) is 0 Å². The molecule has 0 radical (unpaired) electrons. The summed E-state index contributed by atoms with van der Waals surface area (Å²) < 4.78 is 39.6. The van der Waals surface area contributed by atoms with Gasteiger partial charge in [-0.05, 0) is 18.6 Å². The standard InChI is InChI=1S/C17H18F3N5O/c1-2-15(26)25-8-5-12(10-25)22-14-9-13(17(18,19)20)23-16(24-14)11-3-6-21-7-4-11/h3-4,6-7,9,12H,2,5,8,10H2,1H3,(H,22,23,24). The van der Waals surface area contributed by atoms with E-state index in [1.54, 1.807) is 24.0 Å². The van der Waals surface area contributed by atoms with Gasteiger partial charge in [-0.2, -0.15) is 13.2 Å². The number of halogens is 3. The summed E-state index contributed by atoms with van der Waals surface area (Å²) in [4.78, 5) is 25.2. The molecule has 3 heterocycles. The van der Waals surface area contributed by atoms with Crippen LogP contribution in [0.4, 0.5) is 19.0 Å². The number of nitrogens with one attached hydrogen (secondary N) is 1. The van der Waals surface area contributed by atoms with Crippen molar-refractivity contribution in [1.82, 2.24) is 19.9 Å². The summed E-state index contributed by atoms with van der Waals surface area (Å²) >= 11 is 0. The smallest absolute Gasteiger partial charge is 0.365 e. The topological polar surface area (TPSA) is 71.0 Å². The molecule has 1 aliphatic rings. The molecule has 3 rings (SSSR count). The summed E-state index contributed by atoms with van der Waals surface area (Å²) in [5.74, 6) is 0.101. The van der Waals surface area contributed by atoms with E-state index in [-0.39, 0.29) is 23.6 Å². The van der Waals surface area contributed by atoms with Gasteiger partial charge in [0.2, 0.25) is 5.91 Å². The molecule has 1 atom stereocenters. The van der Waals surface area contributed by atoms with Gasteiger partial charge in [0.15, 0.2) is 11.5 Å². The second kappa shape index (κ2) is 7.27. The SMILES string of the molecule is CCC(=O)N1CCC(Nc2cc(C(F)(F)F)nc(-c3ccncc3)n2)C1. The van der Waals surface area contributed by atoms with Crippen LogP contribution in [0.3, 0.4) is 0 Å². The molecule has 26 heavy (non-hydrogen) atoms. The number of hydrogen-bond donors (Lipinski definition) is 1. The monoisotopic (exact) mass is 365 g/mol. The Balaban J connectivity index is 1.86. The second-order valence-corrected chi connectivity index (χ2v) is 6.02. The van der Waals surface area contributed by atoms with Gasteiger partial charge in [-0.3, -0.25) is 9.78 Å². The van der Waals surface area contributed by atoms with Gasteiger partial charge in [0.25, 0.3) is 0 Å². The van der Waals surface area contributed by atoms with Crippen LogP contribution in [-0.4, -0.2) is 44.9 Å². The van der Waals surface area contributed by atoms with Crippen LogP contribution in [-0.2, 0) is 11.0 Å². The van der Waals surface area contributed by atoms with Gasteiger partial charge in [-0.15, -0.1) is 0 Å². The highest BCUT2D eigenvalue weighted by Gasteiger charge is 2.34. The number of nitrogens with zero attached hydrogens (tertiary/aromatic N) is 4. The third kappa shape index (κ3) is 4.09. The molecule has 0 aliphatic carbocycles. The molecule has 1 amide bonds. The Morgan fingerprint density at radius 2 is 2.04 bits per heavy atom. The largest absolute Gasteiger partial charge is 0.433 e. The second-order valence-electron chi connectivity index (χ2n) is 6.02. The number of likely N-dealkylation sites (tertiary alicyclic amines) is 1. The minimum Gasteiger partial charge on any atom is -0.365 e. The summed E-state index contributed by atoms with van der Waals surface area (Å²) in [6.07, 6.45) is -0.581. The van der Waals surface area contributed by atoms with Gasteiger partial charge in [-0.25, -0.2) is 9.97 Å². The van der Waals surface area contributed by atoms with Gasteiger partial charge >= 0.3 is 6.18 Å². The average Bonchev–Trinajstić information content (AvgIpc) is 3.09. The number of carbonyl (C=O) groups excluding carboxylic acids is 1. The molecule has 1 saturated heterocycles. The van der Waals surface area contributed by atoms with Gasteiger partial charge in [0.1, 0.15) is 5.82 Å². The molecule has 9 heteroatoms. The van der Waals surface area contributed by atoms with Gasteiger partial charge in [0.05, 0.1) is 0 Å². The number of aromatic nitrogens is 3. The first-order chi connectivity index (χ1) is 12.4. The van der Waals surface area contributed by atoms with Crippen molar-refractivity contribution in [3.05, 3.63) is 36.3 Å². The highest BCUT2D eigenvalue weighted by atomic mass is 19.4. The summed E-state index contributed by atoms with van der Waals surface area (Å²) in [5.41, 5.74) is -0.565. The van der Waals surface area contributed by atoms with Crippen LogP contribution in [0, 0.1) is 0 Å². The van der Waals surface area contributed by atoms with Gasteiger partial charge in [-0.1, -0.05) is 6.92 Å². The fourth-order valence-electron chi connectivity index (χ4n) is 2.83. The van der Waals surface area contributed by atoms with Crippen LogP contribution in [0.2, 0.25) is 0 Å². The maximum absolute atomic E-state index is 13.2. The van der Waals surface area contributed by atoms with Crippen LogP contribution in [0.1, 0.15) is 25.5 Å². The number of carbonyl (C=O) groups is 1. The summed E-state index contributed by atoms with van der Waals surface area (Å²) in [5, 5.41) is 3.01. The predicted molar refractivity (Wildman–Crippen MR) is 89.2 cm³/mol. The van der Waals surface area contributed by atoms with Crippen molar-refractivity contribution in [3.8, 4) is 11.4 Å². The van der Waals surface area contributed by atoms with Crippen molar-refractivity contribution in [2.45, 2.75) is 32.0 Å². The van der Waals surface area contributed by atoms with E-state index in [0.29, 0.717) is 31.5 Å². The van der Waals surface area contributed by atoms with E-state index >= 15 is 0 Å². The fourth-order valence-corrected chi connectivity index (χ4v) is 2.83. The molecule has 0 bridgehead atoms. The van der Waals surface area contributed by atoms with E-state index in [9.17, 15) is 18.0 Å². The maximum atomic E-state index is 13.2. The van der Waals surface area contributed by atoms with Crippen molar-refractivity contribution < 1.29 is 18.0 Å². The van der Waals surface area contributed by atoms with Crippen LogP contribution in [0.5, 0.6) is 0 Å². The number of amides is 1. The van der Waals surface area contributed by atoms with E-state index in [4.69, 9.17) is 0 Å². The lowest BCUT2D eigenvalue weighted by molar-refractivity contribution is -0.141. The Bertz CT molecular complexity index is 782. The predicted octanol–water partition coefficient (Wildman–Crippen LogP) is 2.98. The van der Waals surface area contributed by atoms with Gasteiger partial charge in [0, 0.05) is 49.6 Å². The lowest BCUT2D eigenvalue weighted by Crippen LogP contribution is -2.31. The minimum atomic E-state index is -4.58. The molecule has 6 nitrogen and oxygen atoms in total. The molecule has 2 aromatic rings. The number of alkyl halides is 3. The van der Waals surface area contributed by atoms with E-state index in [1.165, 1.54) is 12.4 Å². The highest BCUT2D eigenvalue weighted by molar-refractivity contribution is 5.76. The van der Waals surface area contributed by atoms with Crippen molar-refractivity contribution in [3.63, 3.8) is 0 Å². The molecule has 1 aliphatic heterocycles. The van der Waals surface area contributed by atoms with Crippen LogP contribution < -0.4 is 5.32 Å². The molecule has 0 saturated carbocycles. The highest BCUT2D eigenvalue weighted by Crippen LogP contribution is 2.31. The van der Waals surface area contributed by atoms with Crippen LogP contribution in [0.25, 0.3) is 11.4 Å². The Hall–Kier alpha value is -2.71. The molecular formula is C17H18F3N5O. The first-order valence-corrected chi connectivity index (χ1v) is 8.28. The lowest BCUT2D eigenvalue weighted by Gasteiger charge is -2.17. The molecule has 1 unspecified atom stereocenters. The van der Waals surface area contributed by atoms with E-state index in [2.05, 4.69) is 20.3 Å². The Morgan fingerprint density at radius 1 is 1.31 bits per heavy atom. The summed E-state index contributed by atoms with van der Waals surface area (Å²) in [7, 11) is 0.